The first-order valence-corrected chi connectivity index (χ1v) is 9.04. The Morgan fingerprint density at radius 2 is 2.00 bits per heavy atom. The van der Waals surface area contributed by atoms with Gasteiger partial charge in [0.25, 0.3) is 21.1 Å². The molecule has 1 amide bonds. The van der Waals surface area contributed by atoms with Gasteiger partial charge in [-0.15, -0.1) is 0 Å². The number of sulfonamides is 1. The van der Waals surface area contributed by atoms with E-state index in [4.69, 9.17) is 0 Å². The topological polar surface area (TPSA) is 117 Å². The number of amides is 1. The van der Waals surface area contributed by atoms with E-state index in [-0.39, 0.29) is 24.2 Å². The minimum atomic E-state index is -3.69. The third-order valence-corrected chi connectivity index (χ3v) is 5.70. The summed E-state index contributed by atoms with van der Waals surface area (Å²) in [7, 11) is -1.92. The molecule has 1 aliphatic heterocycles. The van der Waals surface area contributed by atoms with Crippen molar-refractivity contribution in [3.05, 3.63) is 23.8 Å². The summed E-state index contributed by atoms with van der Waals surface area (Å²) in [5.74, 6) is -0.114. The number of aromatic amines is 1. The molecule has 0 atom stereocenters. The molecule has 2 aromatic rings. The summed E-state index contributed by atoms with van der Waals surface area (Å²) in [6.07, 6.45) is 3.53. The zero-order valence-electron chi connectivity index (χ0n) is 13.5. The lowest BCUT2D eigenvalue weighted by Gasteiger charge is -2.33. The van der Waals surface area contributed by atoms with Crippen LogP contribution in [0.2, 0.25) is 0 Å². The molecule has 1 saturated heterocycles. The molecule has 24 heavy (non-hydrogen) atoms. The van der Waals surface area contributed by atoms with E-state index in [1.807, 2.05) is 6.92 Å². The molecule has 11 heteroatoms. The van der Waals surface area contributed by atoms with Crippen LogP contribution in [0.4, 0.5) is 0 Å². The summed E-state index contributed by atoms with van der Waals surface area (Å²) in [6, 6.07) is 0. The largest absolute Gasteiger partial charge is 0.336 e. The van der Waals surface area contributed by atoms with Crippen LogP contribution in [0.25, 0.3) is 0 Å². The van der Waals surface area contributed by atoms with Crippen LogP contribution in [0, 0.1) is 0 Å². The third kappa shape index (κ3) is 2.91. The van der Waals surface area contributed by atoms with Crippen LogP contribution in [0.5, 0.6) is 0 Å². The Kier molecular flexibility index (Phi) is 4.37. The molecular weight excluding hydrogens is 334 g/mol. The molecule has 1 N–H and O–H groups in total. The summed E-state index contributed by atoms with van der Waals surface area (Å²) >= 11 is 0. The number of H-pyrrole nitrogens is 1. The van der Waals surface area contributed by atoms with Crippen molar-refractivity contribution in [3.63, 3.8) is 0 Å². The number of nitrogens with zero attached hydrogens (tertiary/aromatic N) is 6. The van der Waals surface area contributed by atoms with Gasteiger partial charge < -0.3 is 4.90 Å². The van der Waals surface area contributed by atoms with Crippen LogP contribution in [-0.4, -0.2) is 74.7 Å². The number of hydrogen-bond acceptors (Lipinski definition) is 6. The maximum Gasteiger partial charge on any atom is 0.278 e. The van der Waals surface area contributed by atoms with Crippen LogP contribution in [0.15, 0.2) is 17.7 Å². The van der Waals surface area contributed by atoms with Gasteiger partial charge >= 0.3 is 0 Å². The molecule has 1 aliphatic rings. The number of nitrogens with one attached hydrogen (secondary N) is 1. The van der Waals surface area contributed by atoms with E-state index in [0.29, 0.717) is 25.1 Å². The zero-order valence-corrected chi connectivity index (χ0v) is 14.3. The van der Waals surface area contributed by atoms with E-state index >= 15 is 0 Å². The first kappa shape index (κ1) is 16.6. The lowest BCUT2D eigenvalue weighted by atomic mass is 10.2. The molecule has 0 bridgehead atoms. The Morgan fingerprint density at radius 1 is 1.29 bits per heavy atom. The minimum absolute atomic E-state index is 0.114. The van der Waals surface area contributed by atoms with E-state index in [1.54, 1.807) is 22.8 Å². The fraction of sp³-hybridized carbons (Fsp3) is 0.538. The van der Waals surface area contributed by atoms with Crippen molar-refractivity contribution in [3.8, 4) is 0 Å². The highest BCUT2D eigenvalue weighted by Crippen LogP contribution is 2.16. The van der Waals surface area contributed by atoms with Gasteiger partial charge in [0.2, 0.25) is 0 Å². The molecule has 0 unspecified atom stereocenters. The number of aryl methyl sites for hydroxylation is 2. The highest BCUT2D eigenvalue weighted by atomic mass is 32.2. The second-order valence-electron chi connectivity index (χ2n) is 5.50. The van der Waals surface area contributed by atoms with Gasteiger partial charge in [-0.2, -0.15) is 14.5 Å². The normalized spacial score (nSPS) is 16.5. The van der Waals surface area contributed by atoms with Gasteiger partial charge in [0.15, 0.2) is 0 Å². The van der Waals surface area contributed by atoms with Crippen LogP contribution in [-0.2, 0) is 23.5 Å². The van der Waals surface area contributed by atoms with E-state index in [9.17, 15) is 13.2 Å². The number of piperazine rings is 1. The zero-order chi connectivity index (χ0) is 17.3. The maximum absolute atomic E-state index is 12.7. The summed E-state index contributed by atoms with van der Waals surface area (Å²) < 4.78 is 27.7. The van der Waals surface area contributed by atoms with Crippen molar-refractivity contribution in [1.29, 1.82) is 0 Å². The van der Waals surface area contributed by atoms with Gasteiger partial charge in [0, 0.05) is 39.4 Å². The molecule has 3 rings (SSSR count). The van der Waals surface area contributed by atoms with Crippen LogP contribution < -0.4 is 0 Å². The second kappa shape index (κ2) is 6.32. The summed E-state index contributed by atoms with van der Waals surface area (Å²) in [4.78, 5) is 18.0. The van der Waals surface area contributed by atoms with Crippen molar-refractivity contribution in [2.45, 2.75) is 18.5 Å². The minimum Gasteiger partial charge on any atom is -0.336 e. The van der Waals surface area contributed by atoms with E-state index < -0.39 is 10.0 Å². The van der Waals surface area contributed by atoms with Gasteiger partial charge in [-0.05, 0) is 6.42 Å². The standard InChI is InChI=1S/C13H19N7O3S/c1-3-11-10(8-18(2)17-11)12(21)19-4-6-20(7-5-19)24(22,23)13-14-9-15-16-13/h8-9H,3-7H2,1-2H3,(H,14,15,16). The average molecular weight is 353 g/mol. The molecule has 130 valence electrons. The summed E-state index contributed by atoms with van der Waals surface area (Å²) in [6.45, 7) is 3.03. The van der Waals surface area contributed by atoms with Gasteiger partial charge in [0.05, 0.1) is 11.3 Å². The summed E-state index contributed by atoms with van der Waals surface area (Å²) in [5, 5.41) is 10.0. The maximum atomic E-state index is 12.7. The molecule has 0 aliphatic carbocycles. The third-order valence-electron chi connectivity index (χ3n) is 3.97. The van der Waals surface area contributed by atoms with Gasteiger partial charge in [-0.1, -0.05) is 6.92 Å². The second-order valence-corrected chi connectivity index (χ2v) is 7.36. The van der Waals surface area contributed by atoms with E-state index in [1.165, 1.54) is 4.31 Å². The van der Waals surface area contributed by atoms with Crippen molar-refractivity contribution in [2.24, 2.45) is 7.05 Å². The van der Waals surface area contributed by atoms with Crippen molar-refractivity contribution < 1.29 is 13.2 Å². The number of carbonyl (C=O) groups excluding carboxylic acids is 1. The predicted octanol–water partition coefficient (Wildman–Crippen LogP) is -0.753. The van der Waals surface area contributed by atoms with Crippen molar-refractivity contribution in [1.82, 2.24) is 34.2 Å². The lowest BCUT2D eigenvalue weighted by Crippen LogP contribution is -2.50. The number of aromatic nitrogens is 5. The van der Waals surface area contributed by atoms with Crippen molar-refractivity contribution >= 4 is 15.9 Å². The first-order valence-electron chi connectivity index (χ1n) is 7.60. The molecule has 3 heterocycles. The Bertz CT molecular complexity index is 820. The monoisotopic (exact) mass is 353 g/mol. The van der Waals surface area contributed by atoms with Gasteiger partial charge in [-0.3, -0.25) is 9.48 Å². The average Bonchev–Trinajstić information content (AvgIpc) is 3.24. The molecule has 0 aromatic carbocycles. The Morgan fingerprint density at radius 3 is 2.58 bits per heavy atom. The van der Waals surface area contributed by atoms with E-state index in [0.717, 1.165) is 12.0 Å². The van der Waals surface area contributed by atoms with Gasteiger partial charge in [-0.25, -0.2) is 18.5 Å². The number of hydrogen-bond donors (Lipinski definition) is 1. The predicted molar refractivity (Wildman–Crippen MR) is 83.6 cm³/mol. The quantitative estimate of drug-likeness (QED) is 0.773. The number of rotatable bonds is 4. The van der Waals surface area contributed by atoms with E-state index in [2.05, 4.69) is 20.3 Å². The highest BCUT2D eigenvalue weighted by molar-refractivity contribution is 7.88. The molecule has 0 radical (unpaired) electrons. The lowest BCUT2D eigenvalue weighted by molar-refractivity contribution is 0.0696. The SMILES string of the molecule is CCc1nn(C)cc1C(=O)N1CCN(S(=O)(=O)c2ncn[nH]2)CC1. The molecular formula is C13H19N7O3S. The molecule has 10 nitrogen and oxygen atoms in total. The molecule has 2 aromatic heterocycles. The Hall–Kier alpha value is -2.27. The van der Waals surface area contributed by atoms with Crippen LogP contribution >= 0.6 is 0 Å². The van der Waals surface area contributed by atoms with Crippen LogP contribution in [0.1, 0.15) is 23.0 Å². The molecule has 0 saturated carbocycles. The summed E-state index contributed by atoms with van der Waals surface area (Å²) in [5.41, 5.74) is 1.32. The number of carbonyl (C=O) groups is 1. The van der Waals surface area contributed by atoms with Crippen molar-refractivity contribution in [2.75, 3.05) is 26.2 Å². The fourth-order valence-electron chi connectivity index (χ4n) is 2.72. The highest BCUT2D eigenvalue weighted by Gasteiger charge is 2.32. The van der Waals surface area contributed by atoms with Gasteiger partial charge in [0.1, 0.15) is 6.33 Å². The molecule has 0 spiro atoms. The smallest absolute Gasteiger partial charge is 0.278 e. The Balaban J connectivity index is 1.70. The fourth-order valence-corrected chi connectivity index (χ4v) is 3.95. The Labute approximate surface area is 139 Å². The first-order chi connectivity index (χ1) is 11.4. The molecule has 1 fully saturated rings. The van der Waals surface area contributed by atoms with Crippen LogP contribution in [0.3, 0.4) is 0 Å².